The van der Waals surface area contributed by atoms with Crippen molar-refractivity contribution in [2.75, 3.05) is 5.32 Å². The van der Waals surface area contributed by atoms with E-state index in [2.05, 4.69) is 5.32 Å². The predicted octanol–water partition coefficient (Wildman–Crippen LogP) is 3.27. The number of nitrogens with one attached hydrogen (secondary N) is 1. The Morgan fingerprint density at radius 2 is 1.69 bits per heavy atom. The molecule has 0 atom stereocenters. The first-order valence-corrected chi connectivity index (χ1v) is 11.0. The Kier molecular flexibility index (Phi) is 5.76. The summed E-state index contributed by atoms with van der Waals surface area (Å²) in [5.41, 5.74) is 0.585. The van der Waals surface area contributed by atoms with E-state index in [0.29, 0.717) is 23.4 Å². The third-order valence-electron chi connectivity index (χ3n) is 4.64. The summed E-state index contributed by atoms with van der Waals surface area (Å²) in [4.78, 5) is 24.8. The summed E-state index contributed by atoms with van der Waals surface area (Å²) >= 11 is 0. The summed E-state index contributed by atoms with van der Waals surface area (Å²) in [7, 11) is -3.84. The summed E-state index contributed by atoms with van der Waals surface area (Å²) < 4.78 is 33.7. The van der Waals surface area contributed by atoms with Gasteiger partial charge < -0.3 is 14.5 Å². The molecule has 3 aromatic carbocycles. The van der Waals surface area contributed by atoms with Crippen LogP contribution in [0.15, 0.2) is 93.0 Å². The fraction of sp³-hybridized carbons (Fsp3) is 0.0435. The molecule has 0 unspecified atom stereocenters. The van der Waals surface area contributed by atoms with Crippen molar-refractivity contribution >= 4 is 32.6 Å². The molecule has 32 heavy (non-hydrogen) atoms. The van der Waals surface area contributed by atoms with Crippen LogP contribution in [0.25, 0.3) is 11.0 Å². The van der Waals surface area contributed by atoms with Gasteiger partial charge in [0.15, 0.2) is 0 Å². The minimum Gasteiger partial charge on any atom is -0.489 e. The van der Waals surface area contributed by atoms with E-state index in [1.807, 2.05) is 30.3 Å². The Morgan fingerprint density at radius 1 is 0.969 bits per heavy atom. The van der Waals surface area contributed by atoms with Gasteiger partial charge in [-0.1, -0.05) is 30.3 Å². The number of primary sulfonamides is 1. The number of carbonyl (C=O) groups excluding carboxylic acids is 1. The lowest BCUT2D eigenvalue weighted by Gasteiger charge is -2.08. The van der Waals surface area contributed by atoms with Crippen molar-refractivity contribution in [3.05, 3.63) is 100 Å². The fourth-order valence-corrected chi connectivity index (χ4v) is 3.52. The van der Waals surface area contributed by atoms with Gasteiger partial charge in [-0.2, -0.15) is 0 Å². The van der Waals surface area contributed by atoms with Crippen molar-refractivity contribution in [3.63, 3.8) is 0 Å². The van der Waals surface area contributed by atoms with E-state index in [0.717, 1.165) is 5.56 Å². The van der Waals surface area contributed by atoms with Crippen LogP contribution in [0.4, 0.5) is 5.69 Å². The second-order valence-electron chi connectivity index (χ2n) is 6.94. The Balaban J connectivity index is 1.52. The van der Waals surface area contributed by atoms with E-state index in [1.54, 1.807) is 18.2 Å². The molecule has 0 bridgehead atoms. The van der Waals surface area contributed by atoms with Crippen LogP contribution in [-0.2, 0) is 16.6 Å². The maximum Gasteiger partial charge on any atom is 0.349 e. The Bertz CT molecular complexity index is 1450. The third-order valence-corrected chi connectivity index (χ3v) is 5.57. The van der Waals surface area contributed by atoms with Gasteiger partial charge in [0.1, 0.15) is 23.5 Å². The van der Waals surface area contributed by atoms with Crippen molar-refractivity contribution in [2.24, 2.45) is 5.14 Å². The fourth-order valence-electron chi connectivity index (χ4n) is 3.01. The number of nitrogens with two attached hydrogens (primary N) is 1. The molecule has 0 aliphatic carbocycles. The second-order valence-corrected chi connectivity index (χ2v) is 8.51. The molecule has 0 aliphatic rings. The SMILES string of the molecule is NS(=O)(=O)c1ccc(NC(=O)c2cc3ccc(OCc4ccccc4)cc3oc2=O)cc1. The maximum absolute atomic E-state index is 12.5. The highest BCUT2D eigenvalue weighted by Crippen LogP contribution is 2.22. The van der Waals surface area contributed by atoms with Gasteiger partial charge in [-0.05, 0) is 48.0 Å². The lowest BCUT2D eigenvalue weighted by atomic mass is 10.1. The molecule has 1 aromatic heterocycles. The lowest BCUT2D eigenvalue weighted by Crippen LogP contribution is -2.20. The molecule has 0 saturated carbocycles. The topological polar surface area (TPSA) is 129 Å². The van der Waals surface area contributed by atoms with Crippen molar-refractivity contribution in [1.29, 1.82) is 0 Å². The first-order valence-electron chi connectivity index (χ1n) is 9.48. The number of sulfonamides is 1. The van der Waals surface area contributed by atoms with Crippen LogP contribution < -0.4 is 20.8 Å². The van der Waals surface area contributed by atoms with Crippen LogP contribution in [0.2, 0.25) is 0 Å². The average Bonchev–Trinajstić information content (AvgIpc) is 2.77. The normalized spacial score (nSPS) is 11.3. The van der Waals surface area contributed by atoms with Crippen molar-refractivity contribution < 1.29 is 22.4 Å². The van der Waals surface area contributed by atoms with Crippen molar-refractivity contribution in [3.8, 4) is 5.75 Å². The number of amides is 1. The Labute approximate surface area is 183 Å². The summed E-state index contributed by atoms with van der Waals surface area (Å²) in [5.74, 6) is -0.162. The number of hydrogen-bond donors (Lipinski definition) is 2. The number of benzene rings is 3. The summed E-state index contributed by atoms with van der Waals surface area (Å²) in [6.45, 7) is 0.362. The largest absolute Gasteiger partial charge is 0.489 e. The molecular weight excluding hydrogens is 432 g/mol. The Morgan fingerprint density at radius 3 is 2.38 bits per heavy atom. The number of fused-ring (bicyclic) bond motifs is 1. The Hall–Kier alpha value is -3.95. The van der Waals surface area contributed by atoms with Gasteiger partial charge in [-0.15, -0.1) is 0 Å². The smallest absolute Gasteiger partial charge is 0.349 e. The zero-order valence-electron chi connectivity index (χ0n) is 16.6. The molecule has 1 heterocycles. The molecule has 4 rings (SSSR count). The minimum atomic E-state index is -3.84. The molecule has 4 aromatic rings. The molecule has 0 saturated heterocycles. The van der Waals surface area contributed by atoms with Gasteiger partial charge in [-0.25, -0.2) is 18.4 Å². The molecular formula is C23H18N2O6S. The second kappa shape index (κ2) is 8.66. The van der Waals surface area contributed by atoms with E-state index in [4.69, 9.17) is 14.3 Å². The van der Waals surface area contributed by atoms with Gasteiger partial charge in [0.25, 0.3) is 5.91 Å². The number of carbonyl (C=O) groups is 1. The van der Waals surface area contributed by atoms with Crippen LogP contribution in [0, 0.1) is 0 Å². The standard InChI is InChI=1S/C23H18N2O6S/c24-32(28,29)19-10-7-17(8-11-19)25-22(26)20-12-16-6-9-18(13-21(16)31-23(20)27)30-14-15-4-2-1-3-5-15/h1-13H,14H2,(H,25,26)(H2,24,28,29). The van der Waals surface area contributed by atoms with Crippen LogP contribution >= 0.6 is 0 Å². The van der Waals surface area contributed by atoms with Gasteiger partial charge in [0.05, 0.1) is 4.90 Å². The average molecular weight is 450 g/mol. The van der Waals surface area contributed by atoms with Gasteiger partial charge in [0.2, 0.25) is 10.0 Å². The molecule has 0 radical (unpaired) electrons. The zero-order chi connectivity index (χ0) is 22.7. The molecule has 162 valence electrons. The maximum atomic E-state index is 12.5. The number of hydrogen-bond acceptors (Lipinski definition) is 6. The molecule has 0 fully saturated rings. The summed E-state index contributed by atoms with van der Waals surface area (Å²) in [6, 6.07) is 21.3. The van der Waals surface area contributed by atoms with Gasteiger partial charge >= 0.3 is 5.63 Å². The number of ether oxygens (including phenoxy) is 1. The first-order chi connectivity index (χ1) is 15.3. The predicted molar refractivity (Wildman–Crippen MR) is 119 cm³/mol. The van der Waals surface area contributed by atoms with E-state index in [9.17, 15) is 18.0 Å². The lowest BCUT2D eigenvalue weighted by molar-refractivity contribution is 0.102. The molecule has 9 heteroatoms. The van der Waals surface area contributed by atoms with Crippen LogP contribution in [0.3, 0.4) is 0 Å². The quantitative estimate of drug-likeness (QED) is 0.434. The highest BCUT2D eigenvalue weighted by molar-refractivity contribution is 7.89. The minimum absolute atomic E-state index is 0.0917. The van der Waals surface area contributed by atoms with E-state index in [-0.39, 0.29) is 16.0 Å². The van der Waals surface area contributed by atoms with Crippen molar-refractivity contribution in [1.82, 2.24) is 0 Å². The monoisotopic (exact) mass is 450 g/mol. The molecule has 8 nitrogen and oxygen atoms in total. The zero-order valence-corrected chi connectivity index (χ0v) is 17.5. The number of anilines is 1. The van der Waals surface area contributed by atoms with Gasteiger partial charge in [-0.3, -0.25) is 4.79 Å². The van der Waals surface area contributed by atoms with Crippen molar-refractivity contribution in [2.45, 2.75) is 11.5 Å². The van der Waals surface area contributed by atoms with Crippen LogP contribution in [-0.4, -0.2) is 14.3 Å². The van der Waals surface area contributed by atoms with E-state index >= 15 is 0 Å². The molecule has 0 spiro atoms. The van der Waals surface area contributed by atoms with Crippen LogP contribution in [0.1, 0.15) is 15.9 Å². The number of rotatable bonds is 6. The first kappa shape index (κ1) is 21.3. The van der Waals surface area contributed by atoms with Gasteiger partial charge in [0, 0.05) is 17.1 Å². The highest BCUT2D eigenvalue weighted by atomic mass is 32.2. The molecule has 1 amide bonds. The summed E-state index contributed by atoms with van der Waals surface area (Å²) in [5, 5.41) is 8.13. The van der Waals surface area contributed by atoms with Crippen LogP contribution in [0.5, 0.6) is 5.75 Å². The molecule has 3 N–H and O–H groups in total. The third kappa shape index (κ3) is 4.85. The highest BCUT2D eigenvalue weighted by Gasteiger charge is 2.15. The van der Waals surface area contributed by atoms with E-state index in [1.165, 1.54) is 30.3 Å². The molecule has 0 aliphatic heterocycles. The van der Waals surface area contributed by atoms with E-state index < -0.39 is 21.6 Å². The summed E-state index contributed by atoms with van der Waals surface area (Å²) in [6.07, 6.45) is 0.